The summed E-state index contributed by atoms with van der Waals surface area (Å²) in [5.41, 5.74) is 4.17. The molecule has 0 saturated carbocycles. The molecule has 0 bridgehead atoms. The molecule has 2 amide bonds. The van der Waals surface area contributed by atoms with Crippen LogP contribution in [0.3, 0.4) is 0 Å². The number of aliphatic carboxylic acids is 2. The van der Waals surface area contributed by atoms with E-state index in [2.05, 4.69) is 15.5 Å². The quantitative estimate of drug-likeness (QED) is 0.0866. The highest BCUT2D eigenvalue weighted by Gasteiger charge is 2.53. The normalized spacial score (nSPS) is 20.0. The fraction of sp³-hybridized carbons (Fsp3) is 0.469. The number of aromatic hydroxyl groups is 1. The SMILES string of the molecule is COc1c(O)ccc(C(=O)NCC[N+]2(CC3=C(C(=O)[O-])N4C(=O)C(CC(=O)/C(=N/OC(C)(C)C(=O)O)c5csc(N)n5)C4SC3)CCCC2)c1Cl. The zero-order chi connectivity index (χ0) is 37.2. The van der Waals surface area contributed by atoms with Crippen LogP contribution in [0.2, 0.25) is 5.02 Å². The number of fused-ring (bicyclic) bond motifs is 1. The summed E-state index contributed by atoms with van der Waals surface area (Å²) in [6.07, 6.45) is 1.44. The van der Waals surface area contributed by atoms with Gasteiger partial charge in [0.1, 0.15) is 12.2 Å². The Hall–Kier alpha value is -4.39. The molecule has 2 saturated heterocycles. The molecular formula is C32H37ClN6O10S2. The van der Waals surface area contributed by atoms with Gasteiger partial charge in [0, 0.05) is 36.0 Å². The van der Waals surface area contributed by atoms with E-state index in [-0.39, 0.29) is 63.0 Å². The molecular weight excluding hydrogens is 728 g/mol. The summed E-state index contributed by atoms with van der Waals surface area (Å²) in [6, 6.07) is 2.71. The number of methoxy groups -OCH3 is 1. The number of amides is 2. The molecule has 2 atom stereocenters. The number of quaternary nitrogens is 1. The lowest BCUT2D eigenvalue weighted by Gasteiger charge is -2.51. The van der Waals surface area contributed by atoms with Crippen molar-refractivity contribution in [3.8, 4) is 11.5 Å². The number of carboxylic acids is 2. The van der Waals surface area contributed by atoms with E-state index >= 15 is 0 Å². The number of Topliss-reactive ketones (excluding diaryl/α,β-unsaturated/α-hetero) is 1. The van der Waals surface area contributed by atoms with Crippen molar-refractivity contribution in [3.05, 3.63) is 45.1 Å². The van der Waals surface area contributed by atoms with Crippen LogP contribution in [-0.4, -0.2) is 116 Å². The number of halogens is 1. The minimum absolute atomic E-state index is 0.0126. The number of ketones is 1. The largest absolute Gasteiger partial charge is 0.543 e. The summed E-state index contributed by atoms with van der Waals surface area (Å²) in [5.74, 6) is -5.32. The number of aromatic nitrogens is 1. The number of carboxylic acid groups (broad SMARTS) is 2. The maximum atomic E-state index is 13.5. The van der Waals surface area contributed by atoms with Gasteiger partial charge in [-0.25, -0.2) is 9.78 Å². The van der Waals surface area contributed by atoms with Crippen LogP contribution in [0.15, 0.2) is 33.9 Å². The van der Waals surface area contributed by atoms with Gasteiger partial charge in [-0.05, 0) is 26.0 Å². The highest BCUT2D eigenvalue weighted by atomic mass is 35.5. The first-order chi connectivity index (χ1) is 24.1. The van der Waals surface area contributed by atoms with Crippen LogP contribution in [0.25, 0.3) is 0 Å². The van der Waals surface area contributed by atoms with Gasteiger partial charge in [-0.1, -0.05) is 16.8 Å². The van der Waals surface area contributed by atoms with Crippen LogP contribution < -0.4 is 20.9 Å². The maximum absolute atomic E-state index is 13.5. The molecule has 1 aromatic heterocycles. The van der Waals surface area contributed by atoms with Crippen LogP contribution in [0, 0.1) is 5.92 Å². The van der Waals surface area contributed by atoms with Crippen molar-refractivity contribution in [2.75, 3.05) is 51.3 Å². The van der Waals surface area contributed by atoms with Crippen molar-refractivity contribution in [1.82, 2.24) is 15.2 Å². The van der Waals surface area contributed by atoms with E-state index in [0.29, 0.717) is 23.1 Å². The lowest BCUT2D eigenvalue weighted by Crippen LogP contribution is -2.64. The predicted octanol–water partition coefficient (Wildman–Crippen LogP) is 1.21. The van der Waals surface area contributed by atoms with Gasteiger partial charge < -0.3 is 45.2 Å². The van der Waals surface area contributed by atoms with Crippen molar-refractivity contribution in [3.63, 3.8) is 0 Å². The van der Waals surface area contributed by atoms with Gasteiger partial charge in [0.25, 0.3) is 5.91 Å². The van der Waals surface area contributed by atoms with Crippen molar-refractivity contribution >= 4 is 75.1 Å². The van der Waals surface area contributed by atoms with Gasteiger partial charge >= 0.3 is 5.97 Å². The molecule has 3 aliphatic heterocycles. The fourth-order valence-corrected chi connectivity index (χ4v) is 8.62. The number of β-lactam (4-membered cyclic amide) rings is 1. The Morgan fingerprint density at radius 3 is 2.57 bits per heavy atom. The Bertz CT molecular complexity index is 1820. The molecule has 0 aliphatic carbocycles. The van der Waals surface area contributed by atoms with E-state index in [1.54, 1.807) is 0 Å². The van der Waals surface area contributed by atoms with Crippen LogP contribution in [-0.2, 0) is 24.0 Å². The molecule has 5 rings (SSSR count). The number of phenols is 1. The summed E-state index contributed by atoms with van der Waals surface area (Å²) in [7, 11) is 1.33. The number of anilines is 1. The van der Waals surface area contributed by atoms with Crippen LogP contribution in [0.5, 0.6) is 11.5 Å². The second-order valence-corrected chi connectivity index (χ2v) is 15.3. The molecule has 2 unspecified atom stereocenters. The number of phenolic OH excluding ortho intramolecular Hbond substituents is 1. The van der Waals surface area contributed by atoms with Crippen LogP contribution in [0.4, 0.5) is 5.13 Å². The average Bonchev–Trinajstić information content (AvgIpc) is 3.72. The van der Waals surface area contributed by atoms with Gasteiger partial charge in [-0.2, -0.15) is 0 Å². The van der Waals surface area contributed by atoms with E-state index in [9.17, 15) is 39.3 Å². The molecule has 0 spiro atoms. The highest BCUT2D eigenvalue weighted by molar-refractivity contribution is 8.00. The number of benzene rings is 1. The number of rotatable bonds is 15. The van der Waals surface area contributed by atoms with E-state index < -0.39 is 46.4 Å². The third-order valence-electron chi connectivity index (χ3n) is 9.10. The Labute approximate surface area is 305 Å². The number of nitrogens with two attached hydrogens (primary N) is 1. The molecule has 19 heteroatoms. The molecule has 51 heavy (non-hydrogen) atoms. The standard InChI is InChI=1S/C32H37ClN6O10S2/c1-32(2,30(46)47)49-37-23(19-15-51-31(34)36-19)21(41)12-18-27(43)38-24(29(44)45)16(14-50-28(18)38)13-39(9-4-5-10-39)11-8-35-26(42)17-6-7-20(40)25(48-3)22(17)33/h6-7,15,18,28H,4-5,8-14H2,1-3H3,(H5-,34,35,36,40,42,44,45,46,47)/b37-23+. The number of likely N-dealkylation sites (tertiary alicyclic amines) is 1. The summed E-state index contributed by atoms with van der Waals surface area (Å²) in [4.78, 5) is 74.5. The number of hydrogen-bond donors (Lipinski definition) is 4. The number of thioether (sulfide) groups is 1. The molecule has 4 heterocycles. The number of hydrogen-bond acceptors (Lipinski definition) is 14. The zero-order valence-electron chi connectivity index (χ0n) is 28.0. The monoisotopic (exact) mass is 764 g/mol. The first kappa shape index (κ1) is 37.9. The minimum atomic E-state index is -1.77. The molecule has 16 nitrogen and oxygen atoms in total. The lowest BCUT2D eigenvalue weighted by molar-refractivity contribution is -0.911. The number of nitrogen functional groups attached to an aromatic ring is 1. The number of carbonyl (C=O) groups is 5. The zero-order valence-corrected chi connectivity index (χ0v) is 30.4. The number of nitrogens with one attached hydrogen (secondary N) is 1. The van der Waals surface area contributed by atoms with E-state index in [4.69, 9.17) is 26.9 Å². The molecule has 274 valence electrons. The van der Waals surface area contributed by atoms with E-state index in [1.807, 2.05) is 0 Å². The number of carbonyl (C=O) groups excluding carboxylic acids is 4. The van der Waals surface area contributed by atoms with E-state index in [0.717, 1.165) is 37.3 Å². The molecule has 3 aliphatic rings. The van der Waals surface area contributed by atoms with Gasteiger partial charge in [0.05, 0.1) is 66.8 Å². The van der Waals surface area contributed by atoms with Gasteiger partial charge in [0.15, 0.2) is 28.1 Å². The Kier molecular flexibility index (Phi) is 11.2. The van der Waals surface area contributed by atoms with Crippen LogP contribution >= 0.6 is 34.7 Å². The van der Waals surface area contributed by atoms with Crippen molar-refractivity contribution in [1.29, 1.82) is 0 Å². The molecule has 2 fully saturated rings. The first-order valence-electron chi connectivity index (χ1n) is 15.9. The molecule has 2 aromatic rings. The molecule has 0 radical (unpaired) electrons. The highest BCUT2D eigenvalue weighted by Crippen LogP contribution is 2.46. The van der Waals surface area contributed by atoms with Crippen molar-refractivity contribution in [2.45, 2.75) is 44.1 Å². The Balaban J connectivity index is 1.29. The predicted molar refractivity (Wildman–Crippen MR) is 185 cm³/mol. The summed E-state index contributed by atoms with van der Waals surface area (Å²) < 4.78 is 5.57. The summed E-state index contributed by atoms with van der Waals surface area (Å²) in [6.45, 7) is 5.02. The third-order valence-corrected chi connectivity index (χ3v) is 11.5. The minimum Gasteiger partial charge on any atom is -0.543 e. The second kappa shape index (κ2) is 15.1. The second-order valence-electron chi connectivity index (χ2n) is 12.9. The number of oxime groups is 1. The number of thiazole rings is 1. The average molecular weight is 765 g/mol. The first-order valence-corrected chi connectivity index (χ1v) is 18.2. The van der Waals surface area contributed by atoms with Crippen molar-refractivity contribution < 1.29 is 53.3 Å². The Morgan fingerprint density at radius 2 is 1.96 bits per heavy atom. The van der Waals surface area contributed by atoms with Crippen molar-refractivity contribution in [2.24, 2.45) is 11.1 Å². The summed E-state index contributed by atoms with van der Waals surface area (Å²) >= 11 is 8.65. The van der Waals surface area contributed by atoms with Crippen LogP contribution in [0.1, 0.15) is 49.2 Å². The van der Waals surface area contributed by atoms with Gasteiger partial charge in [-0.15, -0.1) is 23.1 Å². The fourth-order valence-electron chi connectivity index (χ4n) is 6.35. The summed E-state index contributed by atoms with van der Waals surface area (Å²) in [5, 5.41) is 39.5. The van der Waals surface area contributed by atoms with Gasteiger partial charge in [-0.3, -0.25) is 19.3 Å². The van der Waals surface area contributed by atoms with Gasteiger partial charge in [0.2, 0.25) is 11.5 Å². The smallest absolute Gasteiger partial charge is 0.350 e. The Morgan fingerprint density at radius 1 is 1.25 bits per heavy atom. The molecule has 1 aromatic carbocycles. The lowest BCUT2D eigenvalue weighted by atomic mass is 9.89. The molecule has 5 N–H and O–H groups in total. The van der Waals surface area contributed by atoms with E-state index in [1.165, 1.54) is 55.1 Å². The number of nitrogens with zero attached hydrogens (tertiary/aromatic N) is 4. The maximum Gasteiger partial charge on any atom is 0.350 e. The topological polar surface area (TPSA) is 234 Å². The third kappa shape index (κ3) is 7.78. The number of ether oxygens (including phenoxy) is 1.